The number of nitrogens with zero attached hydrogens (tertiary/aromatic N) is 1. The first-order valence-electron chi connectivity index (χ1n) is 8.22. The van der Waals surface area contributed by atoms with Gasteiger partial charge in [-0.3, -0.25) is 0 Å². The first-order valence-corrected chi connectivity index (χ1v) is 8.22. The van der Waals surface area contributed by atoms with Crippen molar-refractivity contribution in [3.05, 3.63) is 28.8 Å². The standard InChI is InChI=1S/C18H30N2O/c1-14(2)13-21-18-12-15(3)17(11-16(18)4)5-8-20-9-6-19-7-10-20/h11-12,14,19H,5-10,13H2,1-4H3. The molecule has 1 heterocycles. The van der Waals surface area contributed by atoms with Crippen molar-refractivity contribution < 1.29 is 4.74 Å². The van der Waals surface area contributed by atoms with Crippen LogP contribution in [0, 0.1) is 19.8 Å². The van der Waals surface area contributed by atoms with Gasteiger partial charge in [-0.25, -0.2) is 0 Å². The second-order valence-electron chi connectivity index (χ2n) is 6.59. The van der Waals surface area contributed by atoms with E-state index in [0.717, 1.165) is 38.4 Å². The van der Waals surface area contributed by atoms with Crippen LogP contribution in [0.25, 0.3) is 0 Å². The van der Waals surface area contributed by atoms with Gasteiger partial charge in [0.05, 0.1) is 6.61 Å². The molecule has 2 rings (SSSR count). The molecular formula is C18H30N2O. The molecule has 3 heteroatoms. The summed E-state index contributed by atoms with van der Waals surface area (Å²) in [6.45, 7) is 15.3. The van der Waals surface area contributed by atoms with E-state index in [4.69, 9.17) is 4.74 Å². The minimum atomic E-state index is 0.567. The zero-order valence-electron chi connectivity index (χ0n) is 14.0. The summed E-state index contributed by atoms with van der Waals surface area (Å²) < 4.78 is 5.91. The fourth-order valence-electron chi connectivity index (χ4n) is 2.74. The molecule has 1 N–H and O–H groups in total. The summed E-state index contributed by atoms with van der Waals surface area (Å²) in [6, 6.07) is 4.53. The second kappa shape index (κ2) is 7.81. The molecule has 1 aromatic rings. The number of rotatable bonds is 6. The number of hydrogen-bond donors (Lipinski definition) is 1. The topological polar surface area (TPSA) is 24.5 Å². The summed E-state index contributed by atoms with van der Waals surface area (Å²) in [5, 5.41) is 3.41. The van der Waals surface area contributed by atoms with E-state index in [9.17, 15) is 0 Å². The number of ether oxygens (including phenoxy) is 1. The van der Waals surface area contributed by atoms with Gasteiger partial charge in [-0.1, -0.05) is 19.9 Å². The molecule has 0 radical (unpaired) electrons. The third-order valence-corrected chi connectivity index (χ3v) is 4.11. The molecule has 0 amide bonds. The van der Waals surface area contributed by atoms with Crippen LogP contribution in [0.2, 0.25) is 0 Å². The Morgan fingerprint density at radius 1 is 1.14 bits per heavy atom. The smallest absolute Gasteiger partial charge is 0.122 e. The SMILES string of the molecule is Cc1cc(OCC(C)C)c(C)cc1CCN1CCNCC1. The maximum Gasteiger partial charge on any atom is 0.122 e. The quantitative estimate of drug-likeness (QED) is 0.872. The minimum Gasteiger partial charge on any atom is -0.493 e. The van der Waals surface area contributed by atoms with E-state index >= 15 is 0 Å². The summed E-state index contributed by atoms with van der Waals surface area (Å²) in [6.07, 6.45) is 1.14. The van der Waals surface area contributed by atoms with Crippen LogP contribution < -0.4 is 10.1 Å². The van der Waals surface area contributed by atoms with Crippen molar-refractivity contribution in [2.24, 2.45) is 5.92 Å². The summed E-state index contributed by atoms with van der Waals surface area (Å²) in [5.41, 5.74) is 4.08. The van der Waals surface area contributed by atoms with Gasteiger partial charge < -0.3 is 15.0 Å². The van der Waals surface area contributed by atoms with Crippen molar-refractivity contribution in [1.82, 2.24) is 10.2 Å². The predicted molar refractivity (Wildman–Crippen MR) is 89.3 cm³/mol. The van der Waals surface area contributed by atoms with Crippen LogP contribution in [0.5, 0.6) is 5.75 Å². The molecular weight excluding hydrogens is 260 g/mol. The summed E-state index contributed by atoms with van der Waals surface area (Å²) in [4.78, 5) is 2.55. The molecule has 0 bridgehead atoms. The Labute approximate surface area is 129 Å². The molecule has 0 unspecified atom stereocenters. The fourth-order valence-corrected chi connectivity index (χ4v) is 2.74. The third kappa shape index (κ3) is 5.01. The Balaban J connectivity index is 1.95. The lowest BCUT2D eigenvalue weighted by Crippen LogP contribution is -2.44. The lowest BCUT2D eigenvalue weighted by Gasteiger charge is -2.27. The largest absolute Gasteiger partial charge is 0.493 e. The molecule has 118 valence electrons. The first-order chi connectivity index (χ1) is 10.1. The fraction of sp³-hybridized carbons (Fsp3) is 0.667. The van der Waals surface area contributed by atoms with Crippen molar-refractivity contribution in [2.45, 2.75) is 34.1 Å². The van der Waals surface area contributed by atoms with Gasteiger partial charge in [0.15, 0.2) is 0 Å². The molecule has 3 nitrogen and oxygen atoms in total. The van der Waals surface area contributed by atoms with Gasteiger partial charge in [0.2, 0.25) is 0 Å². The maximum atomic E-state index is 5.91. The van der Waals surface area contributed by atoms with Crippen molar-refractivity contribution in [3.63, 3.8) is 0 Å². The van der Waals surface area contributed by atoms with E-state index in [1.165, 1.54) is 29.8 Å². The molecule has 1 aromatic carbocycles. The normalized spacial score (nSPS) is 16.4. The minimum absolute atomic E-state index is 0.567. The Bertz CT molecular complexity index is 451. The molecule has 21 heavy (non-hydrogen) atoms. The lowest BCUT2D eigenvalue weighted by atomic mass is 10.0. The van der Waals surface area contributed by atoms with Gasteiger partial charge in [0.25, 0.3) is 0 Å². The van der Waals surface area contributed by atoms with Gasteiger partial charge in [0, 0.05) is 32.7 Å². The van der Waals surface area contributed by atoms with E-state index < -0.39 is 0 Å². The highest BCUT2D eigenvalue weighted by molar-refractivity contribution is 5.41. The Morgan fingerprint density at radius 3 is 2.52 bits per heavy atom. The average molecular weight is 290 g/mol. The Hall–Kier alpha value is -1.06. The number of hydrogen-bond acceptors (Lipinski definition) is 3. The average Bonchev–Trinajstić information content (AvgIpc) is 2.47. The van der Waals surface area contributed by atoms with Crippen molar-refractivity contribution in [1.29, 1.82) is 0 Å². The number of benzene rings is 1. The van der Waals surface area contributed by atoms with Gasteiger partial charge >= 0.3 is 0 Å². The van der Waals surface area contributed by atoms with E-state index in [1.54, 1.807) is 0 Å². The van der Waals surface area contributed by atoms with Crippen LogP contribution in [-0.4, -0.2) is 44.2 Å². The van der Waals surface area contributed by atoms with Crippen LogP contribution in [0.3, 0.4) is 0 Å². The van der Waals surface area contributed by atoms with Crippen LogP contribution >= 0.6 is 0 Å². The van der Waals surface area contributed by atoms with Crippen LogP contribution in [0.1, 0.15) is 30.5 Å². The number of piperazine rings is 1. The highest BCUT2D eigenvalue weighted by atomic mass is 16.5. The van der Waals surface area contributed by atoms with Gasteiger partial charge in [0.1, 0.15) is 5.75 Å². The molecule has 1 fully saturated rings. The molecule has 1 saturated heterocycles. The molecule has 1 aliphatic rings. The zero-order valence-corrected chi connectivity index (χ0v) is 14.0. The van der Waals surface area contributed by atoms with Gasteiger partial charge in [-0.2, -0.15) is 0 Å². The molecule has 0 atom stereocenters. The van der Waals surface area contributed by atoms with Crippen molar-refractivity contribution in [2.75, 3.05) is 39.3 Å². The monoisotopic (exact) mass is 290 g/mol. The number of nitrogens with one attached hydrogen (secondary N) is 1. The first kappa shape index (κ1) is 16.3. The third-order valence-electron chi connectivity index (χ3n) is 4.11. The van der Waals surface area contributed by atoms with Crippen molar-refractivity contribution in [3.8, 4) is 5.75 Å². The summed E-state index contributed by atoms with van der Waals surface area (Å²) in [5.74, 6) is 1.62. The van der Waals surface area contributed by atoms with Gasteiger partial charge in [-0.15, -0.1) is 0 Å². The molecule has 0 aromatic heterocycles. The summed E-state index contributed by atoms with van der Waals surface area (Å²) >= 11 is 0. The Kier molecular flexibility index (Phi) is 6.07. The van der Waals surface area contributed by atoms with E-state index in [0.29, 0.717) is 5.92 Å². The van der Waals surface area contributed by atoms with Crippen LogP contribution in [0.4, 0.5) is 0 Å². The highest BCUT2D eigenvalue weighted by Crippen LogP contribution is 2.24. The molecule has 0 saturated carbocycles. The maximum absolute atomic E-state index is 5.91. The molecule has 1 aliphatic heterocycles. The predicted octanol–water partition coefficient (Wildman–Crippen LogP) is 2.79. The van der Waals surface area contributed by atoms with Crippen LogP contribution in [0.15, 0.2) is 12.1 Å². The van der Waals surface area contributed by atoms with Crippen molar-refractivity contribution >= 4 is 0 Å². The molecule has 0 spiro atoms. The second-order valence-corrected chi connectivity index (χ2v) is 6.59. The highest BCUT2D eigenvalue weighted by Gasteiger charge is 2.11. The van der Waals surface area contributed by atoms with Gasteiger partial charge in [-0.05, 0) is 48.9 Å². The molecule has 0 aliphatic carbocycles. The summed E-state index contributed by atoms with van der Waals surface area (Å²) in [7, 11) is 0. The lowest BCUT2D eigenvalue weighted by molar-refractivity contribution is 0.243. The Morgan fingerprint density at radius 2 is 1.86 bits per heavy atom. The van der Waals surface area contributed by atoms with E-state index in [-0.39, 0.29) is 0 Å². The zero-order chi connectivity index (χ0) is 15.2. The van der Waals surface area contributed by atoms with Crippen LogP contribution in [-0.2, 0) is 6.42 Å². The number of aryl methyl sites for hydroxylation is 2. The van der Waals surface area contributed by atoms with E-state index in [1.807, 2.05) is 0 Å². The van der Waals surface area contributed by atoms with E-state index in [2.05, 4.69) is 50.0 Å².